The minimum atomic E-state index is -0.384. The fourth-order valence-electron chi connectivity index (χ4n) is 2.00. The Hall–Kier alpha value is -3.03. The average molecular weight is 283 g/mol. The molecule has 8 nitrogen and oxygen atoms in total. The summed E-state index contributed by atoms with van der Waals surface area (Å²) in [6.07, 6.45) is 0. The lowest BCUT2D eigenvalue weighted by atomic mass is 10.1. The molecule has 0 spiro atoms. The normalized spacial score (nSPS) is 10.6. The molecule has 1 amide bonds. The van der Waals surface area contributed by atoms with Gasteiger partial charge < -0.3 is 5.32 Å². The molecule has 0 saturated heterocycles. The highest BCUT2D eigenvalue weighted by molar-refractivity contribution is 6.05. The molecule has 3 rings (SSSR count). The number of anilines is 2. The van der Waals surface area contributed by atoms with Gasteiger partial charge >= 0.3 is 0 Å². The van der Waals surface area contributed by atoms with Crippen LogP contribution in [0.2, 0.25) is 0 Å². The van der Waals surface area contributed by atoms with E-state index in [0.29, 0.717) is 0 Å². The van der Waals surface area contributed by atoms with Crippen LogP contribution in [0.25, 0.3) is 10.9 Å². The Kier molecular flexibility index (Phi) is 3.19. The predicted molar refractivity (Wildman–Crippen MR) is 78.0 cm³/mol. The summed E-state index contributed by atoms with van der Waals surface area (Å²) in [7, 11) is 3.42. The van der Waals surface area contributed by atoms with E-state index in [1.165, 1.54) is 4.80 Å². The maximum absolute atomic E-state index is 12.2. The van der Waals surface area contributed by atoms with E-state index in [-0.39, 0.29) is 17.5 Å². The van der Waals surface area contributed by atoms with E-state index < -0.39 is 0 Å². The van der Waals surface area contributed by atoms with Gasteiger partial charge in [-0.05, 0) is 17.3 Å². The number of hydrogen-bond acceptors (Lipinski definition) is 6. The molecule has 1 aromatic carbocycles. The van der Waals surface area contributed by atoms with Gasteiger partial charge in [0.1, 0.15) is 5.69 Å². The van der Waals surface area contributed by atoms with E-state index in [1.54, 1.807) is 20.2 Å². The first kappa shape index (κ1) is 13.0. The third kappa shape index (κ3) is 2.50. The molecule has 0 aliphatic heterocycles. The number of pyridine rings is 1. The van der Waals surface area contributed by atoms with Crippen molar-refractivity contribution >= 4 is 28.4 Å². The van der Waals surface area contributed by atoms with Crippen LogP contribution in [-0.2, 0) is 7.05 Å². The van der Waals surface area contributed by atoms with E-state index >= 15 is 0 Å². The molecule has 0 saturated carbocycles. The van der Waals surface area contributed by atoms with Crippen LogP contribution in [0.5, 0.6) is 0 Å². The van der Waals surface area contributed by atoms with Crippen LogP contribution in [-0.4, -0.2) is 38.1 Å². The maximum Gasteiger partial charge on any atom is 0.276 e. The zero-order valence-electron chi connectivity index (χ0n) is 11.5. The molecular formula is C13H13N7O. The molecule has 2 heterocycles. The Morgan fingerprint density at radius 2 is 2.10 bits per heavy atom. The third-order valence-electron chi connectivity index (χ3n) is 2.95. The lowest BCUT2D eigenvalue weighted by Crippen LogP contribution is -2.15. The van der Waals surface area contributed by atoms with E-state index in [4.69, 9.17) is 0 Å². The van der Waals surface area contributed by atoms with E-state index in [2.05, 4.69) is 31.0 Å². The van der Waals surface area contributed by atoms with Crippen LogP contribution >= 0.6 is 0 Å². The number of nitrogens with one attached hydrogen (secondary N) is 2. The van der Waals surface area contributed by atoms with Gasteiger partial charge in [0, 0.05) is 18.1 Å². The van der Waals surface area contributed by atoms with E-state index in [9.17, 15) is 4.79 Å². The molecule has 0 radical (unpaired) electrons. The highest BCUT2D eigenvalue weighted by Crippen LogP contribution is 2.22. The molecule has 2 N–H and O–H groups in total. The molecule has 3 aromatic rings. The molecular weight excluding hydrogens is 270 g/mol. The van der Waals surface area contributed by atoms with Crippen molar-refractivity contribution in [3.05, 3.63) is 36.0 Å². The summed E-state index contributed by atoms with van der Waals surface area (Å²) in [6.45, 7) is 0. The molecule has 0 fully saturated rings. The Balaban J connectivity index is 1.98. The van der Waals surface area contributed by atoms with Gasteiger partial charge in [0.2, 0.25) is 0 Å². The number of carbonyl (C=O) groups is 1. The van der Waals surface area contributed by atoms with Gasteiger partial charge in [-0.15, -0.1) is 5.10 Å². The average Bonchev–Trinajstić information content (AvgIpc) is 2.91. The van der Waals surface area contributed by atoms with Crippen molar-refractivity contribution in [3.63, 3.8) is 0 Å². The second-order valence-electron chi connectivity index (χ2n) is 4.38. The third-order valence-corrected chi connectivity index (χ3v) is 2.95. The lowest BCUT2D eigenvalue weighted by Gasteiger charge is -2.08. The van der Waals surface area contributed by atoms with Crippen molar-refractivity contribution in [2.75, 3.05) is 17.7 Å². The van der Waals surface area contributed by atoms with E-state index in [1.807, 2.05) is 24.3 Å². The van der Waals surface area contributed by atoms with Crippen LogP contribution in [0.15, 0.2) is 30.3 Å². The van der Waals surface area contributed by atoms with Crippen molar-refractivity contribution in [1.82, 2.24) is 25.2 Å². The smallest absolute Gasteiger partial charge is 0.276 e. The van der Waals surface area contributed by atoms with Crippen molar-refractivity contribution in [2.45, 2.75) is 0 Å². The van der Waals surface area contributed by atoms with E-state index in [0.717, 1.165) is 16.6 Å². The second kappa shape index (κ2) is 5.16. The van der Waals surface area contributed by atoms with Gasteiger partial charge in [-0.2, -0.15) is 4.80 Å². The zero-order valence-corrected chi connectivity index (χ0v) is 11.5. The Bertz CT molecular complexity index is 811. The summed E-state index contributed by atoms with van der Waals surface area (Å²) in [5, 5.41) is 17.8. The number of para-hydroxylation sites is 1. The van der Waals surface area contributed by atoms with Crippen molar-refractivity contribution in [2.24, 2.45) is 7.05 Å². The van der Waals surface area contributed by atoms with Crippen LogP contribution in [0.4, 0.5) is 11.6 Å². The standard InChI is InChI=1S/C13H13N7O/c1-14-10-7-11(15-9-6-4-3-5-8(9)10)12(21)16-13-17-19-20(2)18-13/h3-7H,1-2H3,(H,14,15)(H,16,18,21). The van der Waals surface area contributed by atoms with Gasteiger partial charge in [-0.1, -0.05) is 23.3 Å². The number of aryl methyl sites for hydroxylation is 1. The quantitative estimate of drug-likeness (QED) is 0.745. The number of benzene rings is 1. The van der Waals surface area contributed by atoms with Gasteiger partial charge in [-0.25, -0.2) is 4.98 Å². The second-order valence-corrected chi connectivity index (χ2v) is 4.38. The highest BCUT2D eigenvalue weighted by atomic mass is 16.2. The number of amides is 1. The SMILES string of the molecule is CNc1cc(C(=O)Nc2nnn(C)n2)nc2ccccc12. The van der Waals surface area contributed by atoms with Crippen molar-refractivity contribution in [1.29, 1.82) is 0 Å². The number of fused-ring (bicyclic) bond motifs is 1. The number of aromatic nitrogens is 5. The molecule has 21 heavy (non-hydrogen) atoms. The molecule has 106 valence electrons. The Labute approximate surface area is 120 Å². The molecule has 0 unspecified atom stereocenters. The molecule has 0 aliphatic rings. The first-order valence-corrected chi connectivity index (χ1v) is 6.30. The summed E-state index contributed by atoms with van der Waals surface area (Å²) < 4.78 is 0. The van der Waals surface area contributed by atoms with Crippen molar-refractivity contribution < 1.29 is 4.79 Å². The predicted octanol–water partition coefficient (Wildman–Crippen LogP) is 1.05. The summed E-state index contributed by atoms with van der Waals surface area (Å²) in [5.41, 5.74) is 1.85. The monoisotopic (exact) mass is 283 g/mol. The van der Waals surface area contributed by atoms with Crippen LogP contribution in [0, 0.1) is 0 Å². The maximum atomic E-state index is 12.2. The van der Waals surface area contributed by atoms with Gasteiger partial charge in [0.05, 0.1) is 12.6 Å². The first-order chi connectivity index (χ1) is 10.2. The highest BCUT2D eigenvalue weighted by Gasteiger charge is 2.13. The largest absolute Gasteiger partial charge is 0.388 e. The minimum absolute atomic E-state index is 0.142. The van der Waals surface area contributed by atoms with Crippen LogP contribution in [0.3, 0.4) is 0 Å². The van der Waals surface area contributed by atoms with Gasteiger partial charge in [0.15, 0.2) is 0 Å². The number of carbonyl (C=O) groups excluding carboxylic acids is 1. The van der Waals surface area contributed by atoms with Crippen LogP contribution < -0.4 is 10.6 Å². The number of rotatable bonds is 3. The fraction of sp³-hybridized carbons (Fsp3) is 0.154. The summed E-state index contributed by atoms with van der Waals surface area (Å²) >= 11 is 0. The summed E-state index contributed by atoms with van der Waals surface area (Å²) in [5.74, 6) is -0.242. The Morgan fingerprint density at radius 3 is 2.81 bits per heavy atom. The zero-order chi connectivity index (χ0) is 14.8. The van der Waals surface area contributed by atoms with Gasteiger partial charge in [0.25, 0.3) is 11.9 Å². The molecule has 0 bridgehead atoms. The summed E-state index contributed by atoms with van der Waals surface area (Å²) in [4.78, 5) is 17.8. The van der Waals surface area contributed by atoms with Gasteiger partial charge in [-0.3, -0.25) is 10.1 Å². The molecule has 8 heteroatoms. The topological polar surface area (TPSA) is 97.6 Å². The number of nitrogens with zero attached hydrogens (tertiary/aromatic N) is 5. The summed E-state index contributed by atoms with van der Waals surface area (Å²) in [6, 6.07) is 9.29. The lowest BCUT2D eigenvalue weighted by molar-refractivity contribution is 0.102. The number of hydrogen-bond donors (Lipinski definition) is 2. The van der Waals surface area contributed by atoms with Crippen molar-refractivity contribution in [3.8, 4) is 0 Å². The van der Waals surface area contributed by atoms with Crippen LogP contribution in [0.1, 0.15) is 10.5 Å². The molecule has 2 aromatic heterocycles. The first-order valence-electron chi connectivity index (χ1n) is 6.30. The fourth-order valence-corrected chi connectivity index (χ4v) is 2.00. The minimum Gasteiger partial charge on any atom is -0.388 e. The Morgan fingerprint density at radius 1 is 1.29 bits per heavy atom. The molecule has 0 atom stereocenters. The number of tetrazole rings is 1. The molecule has 0 aliphatic carbocycles.